The summed E-state index contributed by atoms with van der Waals surface area (Å²) in [6, 6.07) is 8.80. The van der Waals surface area contributed by atoms with Crippen LogP contribution in [0, 0.1) is 13.8 Å². The van der Waals surface area contributed by atoms with Crippen LogP contribution in [0.1, 0.15) is 28.4 Å². The molecule has 1 heterocycles. The van der Waals surface area contributed by atoms with Gasteiger partial charge in [0.15, 0.2) is 0 Å². The fraction of sp³-hybridized carbons (Fsp3) is 0.438. The Morgan fingerprint density at radius 3 is 2.65 bits per heavy atom. The van der Waals surface area contributed by atoms with Crippen LogP contribution in [0.15, 0.2) is 30.5 Å². The van der Waals surface area contributed by atoms with Gasteiger partial charge in [-0.25, -0.2) is 0 Å². The molecular formula is C16H24N4. The van der Waals surface area contributed by atoms with E-state index in [2.05, 4.69) is 54.4 Å². The fourth-order valence-corrected chi connectivity index (χ4v) is 2.70. The molecule has 4 heteroatoms. The lowest BCUT2D eigenvalue weighted by Gasteiger charge is -2.27. The smallest absolute Gasteiger partial charge is 0.0641 e. The van der Waals surface area contributed by atoms with Gasteiger partial charge in [0.05, 0.1) is 11.7 Å². The van der Waals surface area contributed by atoms with Crippen molar-refractivity contribution in [1.29, 1.82) is 0 Å². The maximum absolute atomic E-state index is 5.99. The third-order valence-corrected chi connectivity index (χ3v) is 3.68. The molecule has 1 aromatic carbocycles. The van der Waals surface area contributed by atoms with E-state index in [9.17, 15) is 0 Å². The van der Waals surface area contributed by atoms with Crippen LogP contribution in [0.4, 0.5) is 0 Å². The second-order valence-corrected chi connectivity index (χ2v) is 5.50. The first-order valence-corrected chi connectivity index (χ1v) is 6.97. The summed E-state index contributed by atoms with van der Waals surface area (Å²) in [6.07, 6.45) is 2.07. The topological polar surface area (TPSA) is 47.1 Å². The van der Waals surface area contributed by atoms with Gasteiger partial charge in [0.25, 0.3) is 0 Å². The lowest BCUT2D eigenvalue weighted by molar-refractivity contribution is 0.241. The molecule has 2 aromatic rings. The molecule has 1 unspecified atom stereocenters. The van der Waals surface area contributed by atoms with Crippen LogP contribution in [-0.4, -0.2) is 28.3 Å². The van der Waals surface area contributed by atoms with Crippen LogP contribution < -0.4 is 5.73 Å². The molecule has 2 rings (SSSR count). The maximum atomic E-state index is 5.99. The van der Waals surface area contributed by atoms with E-state index >= 15 is 0 Å². The second kappa shape index (κ2) is 6.20. The zero-order chi connectivity index (χ0) is 14.7. The van der Waals surface area contributed by atoms with Crippen molar-refractivity contribution in [2.75, 3.05) is 13.6 Å². The van der Waals surface area contributed by atoms with Gasteiger partial charge in [-0.15, -0.1) is 0 Å². The highest BCUT2D eigenvalue weighted by atomic mass is 15.3. The average molecular weight is 272 g/mol. The van der Waals surface area contributed by atoms with Gasteiger partial charge in [-0.05, 0) is 26.5 Å². The standard InChI is InChI=1S/C16H24N4/c1-12-6-5-7-14(8-12)10-19(3)16(9-17)15-11-20(4)18-13(15)2/h5-8,11,16H,9-10,17H2,1-4H3. The summed E-state index contributed by atoms with van der Waals surface area (Å²) in [7, 11) is 4.07. The molecule has 0 spiro atoms. The van der Waals surface area contributed by atoms with Gasteiger partial charge in [-0.2, -0.15) is 5.10 Å². The summed E-state index contributed by atoms with van der Waals surface area (Å²) in [5.41, 5.74) is 10.9. The van der Waals surface area contributed by atoms with Crippen molar-refractivity contribution >= 4 is 0 Å². The summed E-state index contributed by atoms with van der Waals surface area (Å²) < 4.78 is 1.85. The van der Waals surface area contributed by atoms with Gasteiger partial charge in [-0.3, -0.25) is 9.58 Å². The number of benzene rings is 1. The number of likely N-dealkylation sites (N-methyl/N-ethyl adjacent to an activating group) is 1. The third kappa shape index (κ3) is 3.26. The van der Waals surface area contributed by atoms with Gasteiger partial charge in [0, 0.05) is 31.9 Å². The van der Waals surface area contributed by atoms with Crippen molar-refractivity contribution in [3.05, 3.63) is 52.8 Å². The number of nitrogens with zero attached hydrogens (tertiary/aromatic N) is 3. The predicted octanol–water partition coefficient (Wildman–Crippen LogP) is 2.17. The molecule has 0 fully saturated rings. The predicted molar refractivity (Wildman–Crippen MR) is 82.4 cm³/mol. The van der Waals surface area contributed by atoms with Crippen molar-refractivity contribution in [1.82, 2.24) is 14.7 Å². The molecule has 1 aromatic heterocycles. The minimum atomic E-state index is 0.198. The van der Waals surface area contributed by atoms with E-state index in [1.807, 2.05) is 18.7 Å². The highest BCUT2D eigenvalue weighted by molar-refractivity contribution is 5.24. The zero-order valence-corrected chi connectivity index (χ0v) is 12.8. The zero-order valence-electron chi connectivity index (χ0n) is 12.8. The van der Waals surface area contributed by atoms with Gasteiger partial charge in [0.2, 0.25) is 0 Å². The Hall–Kier alpha value is -1.65. The quantitative estimate of drug-likeness (QED) is 0.907. The van der Waals surface area contributed by atoms with Gasteiger partial charge in [0.1, 0.15) is 0 Å². The summed E-state index contributed by atoms with van der Waals surface area (Å²) >= 11 is 0. The van der Waals surface area contributed by atoms with E-state index in [1.165, 1.54) is 16.7 Å². The number of hydrogen-bond donors (Lipinski definition) is 1. The van der Waals surface area contributed by atoms with E-state index in [1.54, 1.807) is 0 Å². The number of hydrogen-bond acceptors (Lipinski definition) is 3. The van der Waals surface area contributed by atoms with Crippen LogP contribution in [0.5, 0.6) is 0 Å². The first-order chi connectivity index (χ1) is 9.51. The molecule has 2 N–H and O–H groups in total. The van der Waals surface area contributed by atoms with Crippen LogP contribution >= 0.6 is 0 Å². The molecule has 20 heavy (non-hydrogen) atoms. The van der Waals surface area contributed by atoms with Crippen molar-refractivity contribution in [2.45, 2.75) is 26.4 Å². The third-order valence-electron chi connectivity index (χ3n) is 3.68. The van der Waals surface area contributed by atoms with Gasteiger partial charge >= 0.3 is 0 Å². The summed E-state index contributed by atoms with van der Waals surface area (Å²) in [5, 5.41) is 4.42. The molecule has 0 aliphatic heterocycles. The summed E-state index contributed by atoms with van der Waals surface area (Å²) in [6.45, 7) is 5.64. The van der Waals surface area contributed by atoms with Crippen LogP contribution in [0.3, 0.4) is 0 Å². The number of nitrogens with two attached hydrogens (primary N) is 1. The molecule has 0 saturated heterocycles. The maximum Gasteiger partial charge on any atom is 0.0641 e. The largest absolute Gasteiger partial charge is 0.329 e. The number of aromatic nitrogens is 2. The van der Waals surface area contributed by atoms with Gasteiger partial charge < -0.3 is 5.73 Å². The molecule has 1 atom stereocenters. The van der Waals surface area contributed by atoms with Crippen LogP contribution in [0.25, 0.3) is 0 Å². The lowest BCUT2D eigenvalue weighted by Crippen LogP contribution is -2.30. The molecule has 0 aliphatic rings. The molecule has 0 saturated carbocycles. The van der Waals surface area contributed by atoms with E-state index in [0.29, 0.717) is 6.54 Å². The first kappa shape index (κ1) is 14.8. The van der Waals surface area contributed by atoms with Crippen LogP contribution in [-0.2, 0) is 13.6 Å². The summed E-state index contributed by atoms with van der Waals surface area (Å²) in [4.78, 5) is 2.29. The van der Waals surface area contributed by atoms with Crippen LogP contribution in [0.2, 0.25) is 0 Å². The minimum absolute atomic E-state index is 0.198. The minimum Gasteiger partial charge on any atom is -0.329 e. The van der Waals surface area contributed by atoms with Crippen molar-refractivity contribution in [3.8, 4) is 0 Å². The average Bonchev–Trinajstić information content (AvgIpc) is 2.69. The monoisotopic (exact) mass is 272 g/mol. The lowest BCUT2D eigenvalue weighted by atomic mass is 10.1. The van der Waals surface area contributed by atoms with E-state index in [4.69, 9.17) is 5.73 Å². The Kier molecular flexibility index (Phi) is 4.57. The molecule has 0 amide bonds. The molecule has 4 nitrogen and oxygen atoms in total. The normalized spacial score (nSPS) is 12.9. The molecule has 0 bridgehead atoms. The first-order valence-electron chi connectivity index (χ1n) is 6.97. The second-order valence-electron chi connectivity index (χ2n) is 5.50. The van der Waals surface area contributed by atoms with E-state index < -0.39 is 0 Å². The van der Waals surface area contributed by atoms with Crippen molar-refractivity contribution < 1.29 is 0 Å². The Labute approximate surface area is 121 Å². The molecular weight excluding hydrogens is 248 g/mol. The van der Waals surface area contributed by atoms with E-state index in [-0.39, 0.29) is 6.04 Å². The Bertz CT molecular complexity index is 574. The Morgan fingerprint density at radius 2 is 2.10 bits per heavy atom. The SMILES string of the molecule is Cc1cccc(CN(C)C(CN)c2cn(C)nc2C)c1. The highest BCUT2D eigenvalue weighted by Crippen LogP contribution is 2.22. The fourth-order valence-electron chi connectivity index (χ4n) is 2.70. The Balaban J connectivity index is 2.17. The highest BCUT2D eigenvalue weighted by Gasteiger charge is 2.19. The van der Waals surface area contributed by atoms with Gasteiger partial charge in [-0.1, -0.05) is 29.8 Å². The molecule has 108 valence electrons. The summed E-state index contributed by atoms with van der Waals surface area (Å²) in [5.74, 6) is 0. The van der Waals surface area contributed by atoms with Crippen molar-refractivity contribution in [3.63, 3.8) is 0 Å². The molecule has 0 radical (unpaired) electrons. The Morgan fingerprint density at radius 1 is 1.35 bits per heavy atom. The van der Waals surface area contributed by atoms with E-state index in [0.717, 1.165) is 12.2 Å². The number of aryl methyl sites for hydroxylation is 3. The van der Waals surface area contributed by atoms with Crippen molar-refractivity contribution in [2.24, 2.45) is 12.8 Å². The number of rotatable bonds is 5. The molecule has 0 aliphatic carbocycles.